The molecule has 0 unspecified atom stereocenters. The first-order valence-electron chi connectivity index (χ1n) is 6.07. The average Bonchev–Trinajstić information content (AvgIpc) is 2.83. The first-order valence-corrected chi connectivity index (χ1v) is 7.27. The maximum atomic E-state index is 10.7. The van der Waals surface area contributed by atoms with Crippen LogP contribution in [0.25, 0.3) is 0 Å². The van der Waals surface area contributed by atoms with Gasteiger partial charge in [0.05, 0.1) is 9.95 Å². The van der Waals surface area contributed by atoms with Gasteiger partial charge in [-0.15, -0.1) is 10.2 Å². The second-order valence-electron chi connectivity index (χ2n) is 4.05. The first-order chi connectivity index (χ1) is 10.1. The molecule has 2 aromatic heterocycles. The van der Waals surface area contributed by atoms with Gasteiger partial charge in [-0.25, -0.2) is 4.98 Å². The lowest BCUT2D eigenvalue weighted by atomic mass is 10.4. The number of hydrogen-bond donors (Lipinski definition) is 1. The summed E-state index contributed by atoms with van der Waals surface area (Å²) in [6, 6.07) is 1.24. The highest BCUT2D eigenvalue weighted by molar-refractivity contribution is 7.99. The Hall–Kier alpha value is -1.71. The SMILES string of the molecule is CCCn1c(CO)nnc1Sc1ncc([N+](=O)[O-])cc1Cl. The molecule has 0 aromatic carbocycles. The topological polar surface area (TPSA) is 107 Å². The van der Waals surface area contributed by atoms with Crippen LogP contribution in [0.1, 0.15) is 19.2 Å². The standard InChI is InChI=1S/C11H12ClN5O3S/c1-2-3-16-9(6-18)14-15-11(16)21-10-8(12)4-7(5-13-10)17(19)20/h4-5,18H,2-3,6H2,1H3. The van der Waals surface area contributed by atoms with Crippen molar-refractivity contribution in [2.45, 2.75) is 36.7 Å². The van der Waals surface area contributed by atoms with Crippen molar-refractivity contribution < 1.29 is 10.0 Å². The number of rotatable bonds is 6. The fourth-order valence-corrected chi connectivity index (χ4v) is 2.74. The van der Waals surface area contributed by atoms with Crippen LogP contribution >= 0.6 is 23.4 Å². The van der Waals surface area contributed by atoms with E-state index in [0.29, 0.717) is 22.6 Å². The number of nitro groups is 1. The highest BCUT2D eigenvalue weighted by Crippen LogP contribution is 2.32. The first kappa shape index (κ1) is 15.7. The summed E-state index contributed by atoms with van der Waals surface area (Å²) in [6.07, 6.45) is 1.99. The molecule has 0 radical (unpaired) electrons. The monoisotopic (exact) mass is 329 g/mol. The van der Waals surface area contributed by atoms with Gasteiger partial charge in [0.1, 0.15) is 17.8 Å². The number of aliphatic hydroxyl groups excluding tert-OH is 1. The Morgan fingerprint density at radius 1 is 1.52 bits per heavy atom. The van der Waals surface area contributed by atoms with Crippen LogP contribution < -0.4 is 0 Å². The number of pyridine rings is 1. The third-order valence-electron chi connectivity index (χ3n) is 2.57. The third-order valence-corrected chi connectivity index (χ3v) is 3.98. The molecule has 0 saturated carbocycles. The molecule has 0 fully saturated rings. The van der Waals surface area contributed by atoms with Gasteiger partial charge in [-0.05, 0) is 18.2 Å². The molecule has 0 amide bonds. The lowest BCUT2D eigenvalue weighted by Gasteiger charge is -2.07. The van der Waals surface area contributed by atoms with E-state index in [9.17, 15) is 15.2 Å². The summed E-state index contributed by atoms with van der Waals surface area (Å²) in [7, 11) is 0. The summed E-state index contributed by atoms with van der Waals surface area (Å²) in [5.74, 6) is 0.456. The maximum absolute atomic E-state index is 10.7. The lowest BCUT2D eigenvalue weighted by Crippen LogP contribution is -2.04. The fraction of sp³-hybridized carbons (Fsp3) is 0.364. The Bertz CT molecular complexity index is 663. The van der Waals surface area contributed by atoms with Gasteiger partial charge >= 0.3 is 0 Å². The van der Waals surface area contributed by atoms with Crippen molar-refractivity contribution in [2.24, 2.45) is 0 Å². The fourth-order valence-electron chi connectivity index (χ4n) is 1.64. The number of nitrogens with zero attached hydrogens (tertiary/aromatic N) is 5. The van der Waals surface area contributed by atoms with E-state index in [-0.39, 0.29) is 17.3 Å². The van der Waals surface area contributed by atoms with Gasteiger partial charge in [-0.3, -0.25) is 10.1 Å². The molecule has 0 spiro atoms. The smallest absolute Gasteiger partial charge is 0.289 e. The van der Waals surface area contributed by atoms with Crippen molar-refractivity contribution in [3.8, 4) is 0 Å². The Balaban J connectivity index is 2.30. The van der Waals surface area contributed by atoms with Crippen molar-refractivity contribution >= 4 is 29.1 Å². The van der Waals surface area contributed by atoms with Gasteiger partial charge in [-0.1, -0.05) is 18.5 Å². The van der Waals surface area contributed by atoms with E-state index < -0.39 is 4.92 Å². The normalized spacial score (nSPS) is 10.8. The van der Waals surface area contributed by atoms with Gasteiger partial charge < -0.3 is 9.67 Å². The largest absolute Gasteiger partial charge is 0.388 e. The van der Waals surface area contributed by atoms with Crippen molar-refractivity contribution in [2.75, 3.05) is 0 Å². The number of aliphatic hydroxyl groups is 1. The molecule has 8 nitrogen and oxygen atoms in total. The molecule has 112 valence electrons. The van der Waals surface area contributed by atoms with E-state index in [1.807, 2.05) is 6.92 Å². The molecule has 0 aliphatic rings. The number of hydrogen-bond acceptors (Lipinski definition) is 7. The van der Waals surface area contributed by atoms with Crippen molar-refractivity contribution in [3.63, 3.8) is 0 Å². The Morgan fingerprint density at radius 2 is 2.29 bits per heavy atom. The van der Waals surface area contributed by atoms with E-state index in [0.717, 1.165) is 24.4 Å². The molecule has 0 aliphatic heterocycles. The van der Waals surface area contributed by atoms with Crippen LogP contribution in [-0.4, -0.2) is 29.8 Å². The van der Waals surface area contributed by atoms with Crippen LogP contribution in [-0.2, 0) is 13.2 Å². The van der Waals surface area contributed by atoms with Gasteiger partial charge in [0.2, 0.25) is 0 Å². The van der Waals surface area contributed by atoms with Gasteiger partial charge in [-0.2, -0.15) is 0 Å². The summed E-state index contributed by atoms with van der Waals surface area (Å²) >= 11 is 7.15. The van der Waals surface area contributed by atoms with Crippen LogP contribution in [0.4, 0.5) is 5.69 Å². The zero-order valence-electron chi connectivity index (χ0n) is 11.1. The van der Waals surface area contributed by atoms with Crippen LogP contribution in [0.5, 0.6) is 0 Å². The Kier molecular flexibility index (Phi) is 5.10. The van der Waals surface area contributed by atoms with Gasteiger partial charge in [0, 0.05) is 12.6 Å². The maximum Gasteiger partial charge on any atom is 0.289 e. The second kappa shape index (κ2) is 6.83. The minimum atomic E-state index is -0.559. The van der Waals surface area contributed by atoms with Crippen molar-refractivity contribution in [1.29, 1.82) is 0 Å². The molecule has 0 bridgehead atoms. The molecule has 0 aliphatic carbocycles. The molecule has 2 aromatic rings. The summed E-state index contributed by atoms with van der Waals surface area (Å²) in [6.45, 7) is 2.43. The molecule has 2 rings (SSSR count). The lowest BCUT2D eigenvalue weighted by molar-refractivity contribution is -0.385. The van der Waals surface area contributed by atoms with Crippen molar-refractivity contribution in [1.82, 2.24) is 19.7 Å². The van der Waals surface area contributed by atoms with E-state index in [2.05, 4.69) is 15.2 Å². The molecule has 0 saturated heterocycles. The van der Waals surface area contributed by atoms with Gasteiger partial charge in [0.25, 0.3) is 5.69 Å². The van der Waals surface area contributed by atoms with E-state index in [1.54, 1.807) is 4.57 Å². The van der Waals surface area contributed by atoms with Crippen LogP contribution in [0.15, 0.2) is 22.4 Å². The summed E-state index contributed by atoms with van der Waals surface area (Å²) in [5.41, 5.74) is -0.171. The molecular weight excluding hydrogens is 318 g/mol. The Labute approximate surface area is 129 Å². The summed E-state index contributed by atoms with van der Waals surface area (Å²) < 4.78 is 1.77. The molecular formula is C11H12ClN5O3S. The number of halogens is 1. The Morgan fingerprint density at radius 3 is 2.86 bits per heavy atom. The molecule has 0 atom stereocenters. The van der Waals surface area contributed by atoms with Crippen molar-refractivity contribution in [3.05, 3.63) is 33.2 Å². The van der Waals surface area contributed by atoms with Crippen LogP contribution in [0.3, 0.4) is 0 Å². The molecule has 10 heteroatoms. The quantitative estimate of drug-likeness (QED) is 0.639. The summed E-state index contributed by atoms with van der Waals surface area (Å²) in [5, 5.41) is 28.9. The minimum Gasteiger partial charge on any atom is -0.388 e. The van der Waals surface area contributed by atoms with E-state index >= 15 is 0 Å². The zero-order chi connectivity index (χ0) is 15.4. The predicted molar refractivity (Wildman–Crippen MR) is 76.3 cm³/mol. The second-order valence-corrected chi connectivity index (χ2v) is 5.41. The highest BCUT2D eigenvalue weighted by Gasteiger charge is 2.16. The molecule has 21 heavy (non-hydrogen) atoms. The molecule has 1 N–H and O–H groups in total. The van der Waals surface area contributed by atoms with E-state index in [1.165, 1.54) is 6.07 Å². The zero-order valence-corrected chi connectivity index (χ0v) is 12.6. The minimum absolute atomic E-state index is 0.171. The van der Waals surface area contributed by atoms with E-state index in [4.69, 9.17) is 11.6 Å². The van der Waals surface area contributed by atoms with Crippen LogP contribution in [0, 0.1) is 10.1 Å². The van der Waals surface area contributed by atoms with Gasteiger partial charge in [0.15, 0.2) is 11.0 Å². The summed E-state index contributed by atoms with van der Waals surface area (Å²) in [4.78, 5) is 14.1. The molecule has 2 heterocycles. The average molecular weight is 330 g/mol. The highest BCUT2D eigenvalue weighted by atomic mass is 35.5. The number of aromatic nitrogens is 4. The van der Waals surface area contributed by atoms with Crippen LogP contribution in [0.2, 0.25) is 5.02 Å². The third kappa shape index (κ3) is 3.49. The predicted octanol–water partition coefficient (Wildman–Crippen LogP) is 2.29.